The van der Waals surface area contributed by atoms with Gasteiger partial charge in [0.2, 0.25) is 0 Å². The molecule has 10 nitrogen and oxygen atoms in total. The van der Waals surface area contributed by atoms with E-state index < -0.39 is 23.6 Å². The van der Waals surface area contributed by atoms with Crippen LogP contribution in [0.5, 0.6) is 0 Å². The Balaban J connectivity index is 0.000000295. The maximum Gasteiger partial charge on any atom is 1.00 e. The molecule has 0 unspecified atom stereocenters. The molecule has 2 N–H and O–H groups in total. The Bertz CT molecular complexity index is 870. The summed E-state index contributed by atoms with van der Waals surface area (Å²) < 4.78 is 25.9. The van der Waals surface area contributed by atoms with Gasteiger partial charge < -0.3 is 15.0 Å². The van der Waals surface area contributed by atoms with Crippen molar-refractivity contribution in [3.8, 4) is 5.69 Å². The van der Waals surface area contributed by atoms with E-state index in [0.717, 1.165) is 29.3 Å². The summed E-state index contributed by atoms with van der Waals surface area (Å²) in [4.78, 5) is 21.1. The zero-order valence-corrected chi connectivity index (χ0v) is 12.6. The van der Waals surface area contributed by atoms with Gasteiger partial charge in [-0.05, 0) is 12.1 Å². The Kier molecular flexibility index (Phi) is 6.91. The minimum Gasteiger partial charge on any atom is -0.543 e. The number of aromatic nitrogens is 6. The van der Waals surface area contributed by atoms with Gasteiger partial charge in [-0.25, -0.2) is 13.6 Å². The molecule has 0 spiro atoms. The molecule has 0 fully saturated rings. The number of carbonyl (C=O) groups is 2. The largest absolute Gasteiger partial charge is 1.00 e. The van der Waals surface area contributed by atoms with Gasteiger partial charge in [0.05, 0.1) is 18.4 Å². The smallest absolute Gasteiger partial charge is 0.543 e. The summed E-state index contributed by atoms with van der Waals surface area (Å²) in [5, 5.41) is 34.0. The number of benzene rings is 1. The van der Waals surface area contributed by atoms with Gasteiger partial charge in [0.15, 0.2) is 11.5 Å². The molecular formula is C12H7F2LiN6O4. The van der Waals surface area contributed by atoms with Gasteiger partial charge in [-0.3, -0.25) is 5.10 Å². The fourth-order valence-electron chi connectivity index (χ4n) is 1.42. The van der Waals surface area contributed by atoms with Crippen LogP contribution in [0.3, 0.4) is 0 Å². The van der Waals surface area contributed by atoms with E-state index in [1.165, 1.54) is 0 Å². The molecule has 0 aliphatic rings. The quantitative estimate of drug-likeness (QED) is 0.463. The SMILES string of the molecule is O=C(O)c1cnn(-c2ccc(F)cc2F)n1.O=C([O-])c1c[nH]nn1.[Li+]. The Morgan fingerprint density at radius 2 is 1.96 bits per heavy atom. The van der Waals surface area contributed by atoms with Crippen molar-refractivity contribution in [3.63, 3.8) is 0 Å². The van der Waals surface area contributed by atoms with Gasteiger partial charge in [0.1, 0.15) is 17.2 Å². The number of rotatable bonds is 3. The summed E-state index contributed by atoms with van der Waals surface area (Å²) >= 11 is 0. The molecule has 0 bridgehead atoms. The maximum absolute atomic E-state index is 13.3. The molecule has 0 saturated carbocycles. The molecule has 2 heterocycles. The zero-order chi connectivity index (χ0) is 17.7. The number of hydrogen-bond donors (Lipinski definition) is 2. The molecule has 0 saturated heterocycles. The normalized spacial score (nSPS) is 9.52. The van der Waals surface area contributed by atoms with Crippen LogP contribution < -0.4 is 24.0 Å². The molecule has 0 radical (unpaired) electrons. The maximum atomic E-state index is 13.3. The summed E-state index contributed by atoms with van der Waals surface area (Å²) in [5.74, 6) is -4.19. The van der Waals surface area contributed by atoms with Crippen LogP contribution in [0.2, 0.25) is 0 Å². The molecule has 1 aromatic carbocycles. The average Bonchev–Trinajstić information content (AvgIpc) is 3.20. The monoisotopic (exact) mass is 344 g/mol. The number of hydrogen-bond acceptors (Lipinski definition) is 7. The Labute approximate surface area is 149 Å². The van der Waals surface area contributed by atoms with Gasteiger partial charge in [-0.1, -0.05) is 5.21 Å². The molecule has 2 aromatic heterocycles. The summed E-state index contributed by atoms with van der Waals surface area (Å²) in [7, 11) is 0. The van der Waals surface area contributed by atoms with Crippen molar-refractivity contribution in [2.24, 2.45) is 0 Å². The molecular weight excluding hydrogens is 337 g/mol. The van der Waals surface area contributed by atoms with Crippen molar-refractivity contribution >= 4 is 11.9 Å². The summed E-state index contributed by atoms with van der Waals surface area (Å²) in [6.45, 7) is 0. The Morgan fingerprint density at radius 3 is 2.40 bits per heavy atom. The van der Waals surface area contributed by atoms with Crippen molar-refractivity contribution in [1.82, 2.24) is 30.4 Å². The fourth-order valence-corrected chi connectivity index (χ4v) is 1.42. The third kappa shape index (κ3) is 5.20. The van der Waals surface area contributed by atoms with E-state index in [4.69, 9.17) is 5.11 Å². The summed E-state index contributed by atoms with van der Waals surface area (Å²) in [6.07, 6.45) is 2.13. The number of carboxylic acids is 2. The van der Waals surface area contributed by atoms with E-state index in [-0.39, 0.29) is 35.9 Å². The van der Waals surface area contributed by atoms with E-state index in [1.54, 1.807) is 0 Å². The second-order valence-corrected chi connectivity index (χ2v) is 4.07. The number of nitrogens with zero attached hydrogens (tertiary/aromatic N) is 5. The van der Waals surface area contributed by atoms with Gasteiger partial charge in [0, 0.05) is 6.07 Å². The Morgan fingerprint density at radius 1 is 1.24 bits per heavy atom. The van der Waals surface area contributed by atoms with E-state index >= 15 is 0 Å². The van der Waals surface area contributed by atoms with Crippen molar-refractivity contribution in [2.45, 2.75) is 0 Å². The van der Waals surface area contributed by atoms with Crippen LogP contribution in [-0.2, 0) is 0 Å². The average molecular weight is 344 g/mol. The first-order valence-corrected chi connectivity index (χ1v) is 6.07. The minimum absolute atomic E-state index is 0. The predicted molar refractivity (Wildman–Crippen MR) is 68.9 cm³/mol. The fraction of sp³-hybridized carbons (Fsp3) is 0. The first kappa shape index (κ1) is 19.9. The third-order valence-corrected chi connectivity index (χ3v) is 2.46. The molecule has 3 aromatic rings. The number of H-pyrrole nitrogens is 1. The first-order valence-electron chi connectivity index (χ1n) is 6.07. The van der Waals surface area contributed by atoms with Crippen LogP contribution in [0.15, 0.2) is 30.6 Å². The summed E-state index contributed by atoms with van der Waals surface area (Å²) in [6, 6.07) is 2.82. The molecule has 25 heavy (non-hydrogen) atoms. The van der Waals surface area contributed by atoms with Crippen molar-refractivity contribution in [1.29, 1.82) is 0 Å². The van der Waals surface area contributed by atoms with Gasteiger partial charge in [0.25, 0.3) is 0 Å². The van der Waals surface area contributed by atoms with Crippen LogP contribution in [0.25, 0.3) is 5.69 Å². The van der Waals surface area contributed by atoms with E-state index in [9.17, 15) is 23.5 Å². The van der Waals surface area contributed by atoms with Crippen molar-refractivity contribution in [2.75, 3.05) is 0 Å². The summed E-state index contributed by atoms with van der Waals surface area (Å²) in [5.41, 5.74) is -0.609. The molecule has 0 aliphatic heterocycles. The van der Waals surface area contributed by atoms with Crippen LogP contribution in [0.1, 0.15) is 21.0 Å². The van der Waals surface area contributed by atoms with Crippen molar-refractivity contribution in [3.05, 3.63) is 53.6 Å². The second-order valence-electron chi connectivity index (χ2n) is 4.07. The van der Waals surface area contributed by atoms with E-state index in [1.807, 2.05) is 0 Å². The minimum atomic E-state index is -1.32. The second kappa shape index (κ2) is 8.67. The topological polar surface area (TPSA) is 150 Å². The van der Waals surface area contributed by atoms with Crippen LogP contribution in [0, 0.1) is 11.6 Å². The number of aromatic amines is 1. The number of carboxylic acid groups (broad SMARTS) is 2. The van der Waals surface area contributed by atoms with Gasteiger partial charge in [-0.2, -0.15) is 5.10 Å². The molecule has 0 atom stereocenters. The zero-order valence-electron chi connectivity index (χ0n) is 12.6. The van der Waals surface area contributed by atoms with E-state index in [2.05, 4.69) is 25.6 Å². The number of nitrogens with one attached hydrogen (secondary N) is 1. The Hall–Kier alpha value is -3.10. The molecule has 3 rings (SSSR count). The molecule has 0 aliphatic carbocycles. The van der Waals surface area contributed by atoms with Crippen LogP contribution in [-0.4, -0.2) is 47.4 Å². The molecule has 0 amide bonds. The van der Waals surface area contributed by atoms with Gasteiger partial charge in [-0.15, -0.1) is 15.0 Å². The number of aromatic carboxylic acids is 2. The first-order chi connectivity index (χ1) is 11.4. The number of carbonyl (C=O) groups excluding carboxylic acids is 1. The molecule has 124 valence electrons. The third-order valence-electron chi connectivity index (χ3n) is 2.46. The standard InChI is InChI=1S/C9H5F2N3O2.C3H3N3O2.Li/c10-5-1-2-8(6(11)3-5)14-12-4-7(13-14)9(15)16;7-3(8)2-1-4-6-5-2;/h1-4H,(H,15,16);1H,(H,7,8)(H,4,5,6);/q;;+1/p-1. The predicted octanol–water partition coefficient (Wildman–Crippen LogP) is -3.58. The van der Waals surface area contributed by atoms with Gasteiger partial charge >= 0.3 is 24.8 Å². The van der Waals surface area contributed by atoms with Crippen LogP contribution >= 0.6 is 0 Å². The van der Waals surface area contributed by atoms with Crippen molar-refractivity contribution < 1.29 is 47.4 Å². The van der Waals surface area contributed by atoms with E-state index in [0.29, 0.717) is 6.07 Å². The number of halogens is 2. The molecule has 13 heteroatoms. The van der Waals surface area contributed by atoms with Crippen LogP contribution in [0.4, 0.5) is 8.78 Å².